The van der Waals surface area contributed by atoms with Crippen molar-refractivity contribution in [1.82, 2.24) is 20.5 Å². The van der Waals surface area contributed by atoms with Crippen LogP contribution in [0.3, 0.4) is 0 Å². The summed E-state index contributed by atoms with van der Waals surface area (Å²) in [5, 5.41) is 17.8. The standard InChI is InChI=1S/C11H18N4O3/c1-4-5-7-12-9(15-14-7)10(18)13-11(2,3)6-8(16)17/h4-6H2,1-3H3,(H,13,18)(H,16,17)(H,12,14,15). The number of aryl methyl sites for hydroxylation is 1. The molecule has 0 aliphatic heterocycles. The number of nitrogens with one attached hydrogen (secondary N) is 2. The lowest BCUT2D eigenvalue weighted by molar-refractivity contribution is -0.138. The van der Waals surface area contributed by atoms with E-state index in [4.69, 9.17) is 5.11 Å². The third-order valence-corrected chi connectivity index (χ3v) is 2.27. The lowest BCUT2D eigenvalue weighted by Gasteiger charge is -2.23. The van der Waals surface area contributed by atoms with Gasteiger partial charge in [-0.05, 0) is 20.3 Å². The molecular weight excluding hydrogens is 236 g/mol. The number of hydrogen-bond acceptors (Lipinski definition) is 4. The fraction of sp³-hybridized carbons (Fsp3) is 0.636. The summed E-state index contributed by atoms with van der Waals surface area (Å²) in [6, 6.07) is 0. The van der Waals surface area contributed by atoms with Crippen LogP contribution in [0.2, 0.25) is 0 Å². The lowest BCUT2D eigenvalue weighted by atomic mass is 10.0. The van der Waals surface area contributed by atoms with Gasteiger partial charge < -0.3 is 10.4 Å². The van der Waals surface area contributed by atoms with Crippen molar-refractivity contribution >= 4 is 11.9 Å². The molecule has 7 nitrogen and oxygen atoms in total. The molecule has 0 saturated heterocycles. The number of carbonyl (C=O) groups is 2. The second-order valence-corrected chi connectivity index (χ2v) is 4.76. The van der Waals surface area contributed by atoms with E-state index in [-0.39, 0.29) is 12.2 Å². The molecule has 0 aliphatic carbocycles. The van der Waals surface area contributed by atoms with E-state index in [2.05, 4.69) is 20.5 Å². The fourth-order valence-electron chi connectivity index (χ4n) is 1.53. The molecule has 0 saturated carbocycles. The molecule has 1 amide bonds. The minimum absolute atomic E-state index is 0.0388. The maximum Gasteiger partial charge on any atom is 0.305 e. The van der Waals surface area contributed by atoms with Crippen LogP contribution in [0, 0.1) is 0 Å². The highest BCUT2D eigenvalue weighted by molar-refractivity contribution is 5.91. The topological polar surface area (TPSA) is 108 Å². The van der Waals surface area contributed by atoms with Crippen molar-refractivity contribution in [3.8, 4) is 0 Å². The molecule has 1 aromatic rings. The minimum Gasteiger partial charge on any atom is -0.481 e. The average Bonchev–Trinajstić information content (AvgIpc) is 2.63. The van der Waals surface area contributed by atoms with E-state index < -0.39 is 17.4 Å². The van der Waals surface area contributed by atoms with Crippen molar-refractivity contribution in [2.75, 3.05) is 0 Å². The molecule has 0 radical (unpaired) electrons. The zero-order valence-electron chi connectivity index (χ0n) is 10.8. The first-order valence-electron chi connectivity index (χ1n) is 5.79. The number of carboxylic acids is 1. The molecule has 1 heterocycles. The summed E-state index contributed by atoms with van der Waals surface area (Å²) in [4.78, 5) is 26.5. The van der Waals surface area contributed by atoms with Gasteiger partial charge in [-0.25, -0.2) is 4.98 Å². The Morgan fingerprint density at radius 3 is 2.67 bits per heavy atom. The van der Waals surface area contributed by atoms with E-state index in [0.29, 0.717) is 5.82 Å². The smallest absolute Gasteiger partial charge is 0.305 e. The summed E-state index contributed by atoms with van der Waals surface area (Å²) in [5.41, 5.74) is -0.839. The van der Waals surface area contributed by atoms with Gasteiger partial charge in [0.2, 0.25) is 5.82 Å². The predicted molar refractivity (Wildman–Crippen MR) is 64.2 cm³/mol. The molecule has 0 fully saturated rings. The van der Waals surface area contributed by atoms with Crippen molar-refractivity contribution in [1.29, 1.82) is 0 Å². The summed E-state index contributed by atoms with van der Waals surface area (Å²) in [6.07, 6.45) is 1.46. The predicted octanol–water partition coefficient (Wildman–Crippen LogP) is 0.740. The summed E-state index contributed by atoms with van der Waals surface area (Å²) in [5.74, 6) is -0.752. The molecular formula is C11H18N4O3. The molecule has 0 bridgehead atoms. The molecule has 0 aromatic carbocycles. The average molecular weight is 254 g/mol. The van der Waals surface area contributed by atoms with Gasteiger partial charge in [-0.1, -0.05) is 6.92 Å². The van der Waals surface area contributed by atoms with Gasteiger partial charge in [0, 0.05) is 12.0 Å². The Balaban J connectivity index is 2.66. The number of nitrogens with zero attached hydrogens (tertiary/aromatic N) is 2. The number of amides is 1. The van der Waals surface area contributed by atoms with Crippen LogP contribution in [0.5, 0.6) is 0 Å². The van der Waals surface area contributed by atoms with Gasteiger partial charge in [-0.2, -0.15) is 0 Å². The zero-order chi connectivity index (χ0) is 13.8. The van der Waals surface area contributed by atoms with E-state index in [9.17, 15) is 9.59 Å². The fourth-order valence-corrected chi connectivity index (χ4v) is 1.53. The number of carbonyl (C=O) groups excluding carboxylic acids is 1. The van der Waals surface area contributed by atoms with Crippen molar-refractivity contribution in [3.63, 3.8) is 0 Å². The molecule has 3 N–H and O–H groups in total. The number of hydrogen-bond donors (Lipinski definition) is 3. The zero-order valence-corrected chi connectivity index (χ0v) is 10.8. The van der Waals surface area contributed by atoms with Gasteiger partial charge in [0.15, 0.2) is 0 Å². The Kier molecular flexibility index (Phi) is 4.41. The van der Waals surface area contributed by atoms with Crippen LogP contribution >= 0.6 is 0 Å². The normalized spacial score (nSPS) is 11.3. The highest BCUT2D eigenvalue weighted by Gasteiger charge is 2.26. The molecule has 100 valence electrons. The van der Waals surface area contributed by atoms with Crippen LogP contribution in [0.4, 0.5) is 0 Å². The molecule has 1 rings (SSSR count). The first kappa shape index (κ1) is 14.1. The molecule has 0 atom stereocenters. The van der Waals surface area contributed by atoms with Crippen molar-refractivity contribution < 1.29 is 14.7 Å². The van der Waals surface area contributed by atoms with Crippen LogP contribution < -0.4 is 5.32 Å². The van der Waals surface area contributed by atoms with Crippen LogP contribution in [0.1, 0.15) is 50.1 Å². The van der Waals surface area contributed by atoms with E-state index in [1.165, 1.54) is 0 Å². The van der Waals surface area contributed by atoms with E-state index in [1.54, 1.807) is 13.8 Å². The number of rotatable bonds is 6. The SMILES string of the molecule is CCCc1nc(C(=O)NC(C)(C)CC(=O)O)n[nH]1. The van der Waals surface area contributed by atoms with Gasteiger partial charge in [0.25, 0.3) is 5.91 Å². The quantitative estimate of drug-likeness (QED) is 0.694. The van der Waals surface area contributed by atoms with Crippen molar-refractivity contribution in [3.05, 3.63) is 11.6 Å². The van der Waals surface area contributed by atoms with Gasteiger partial charge in [-0.3, -0.25) is 14.7 Å². The Morgan fingerprint density at radius 2 is 2.11 bits per heavy atom. The first-order chi connectivity index (χ1) is 8.34. The summed E-state index contributed by atoms with van der Waals surface area (Å²) in [6.45, 7) is 5.27. The Hall–Kier alpha value is -1.92. The van der Waals surface area contributed by atoms with E-state index in [0.717, 1.165) is 12.8 Å². The molecule has 0 spiro atoms. The van der Waals surface area contributed by atoms with Gasteiger partial charge in [0.05, 0.1) is 6.42 Å². The molecule has 7 heteroatoms. The first-order valence-corrected chi connectivity index (χ1v) is 5.79. The van der Waals surface area contributed by atoms with Gasteiger partial charge in [-0.15, -0.1) is 5.10 Å². The van der Waals surface area contributed by atoms with Crippen LogP contribution in [-0.2, 0) is 11.2 Å². The van der Waals surface area contributed by atoms with E-state index in [1.807, 2.05) is 6.92 Å². The molecule has 1 aromatic heterocycles. The Labute approximate surface area is 105 Å². The monoisotopic (exact) mass is 254 g/mol. The van der Waals surface area contributed by atoms with Crippen LogP contribution in [0.25, 0.3) is 0 Å². The van der Waals surface area contributed by atoms with Gasteiger partial charge >= 0.3 is 5.97 Å². The second-order valence-electron chi connectivity index (χ2n) is 4.76. The maximum atomic E-state index is 11.8. The lowest BCUT2D eigenvalue weighted by Crippen LogP contribution is -2.45. The van der Waals surface area contributed by atoms with E-state index >= 15 is 0 Å². The number of H-pyrrole nitrogens is 1. The van der Waals surface area contributed by atoms with Crippen LogP contribution in [-0.4, -0.2) is 37.7 Å². The second kappa shape index (κ2) is 5.61. The highest BCUT2D eigenvalue weighted by atomic mass is 16.4. The summed E-state index contributed by atoms with van der Waals surface area (Å²) in [7, 11) is 0. The Morgan fingerprint density at radius 1 is 1.44 bits per heavy atom. The minimum atomic E-state index is -0.970. The number of aliphatic carboxylic acids is 1. The summed E-state index contributed by atoms with van der Waals surface area (Å²) < 4.78 is 0. The van der Waals surface area contributed by atoms with Crippen molar-refractivity contribution in [2.24, 2.45) is 0 Å². The summed E-state index contributed by atoms with van der Waals surface area (Å²) >= 11 is 0. The highest BCUT2D eigenvalue weighted by Crippen LogP contribution is 2.09. The number of aromatic amines is 1. The largest absolute Gasteiger partial charge is 0.481 e. The maximum absolute atomic E-state index is 11.8. The number of aromatic nitrogens is 3. The number of carboxylic acid groups (broad SMARTS) is 1. The van der Waals surface area contributed by atoms with Crippen LogP contribution in [0.15, 0.2) is 0 Å². The third-order valence-electron chi connectivity index (χ3n) is 2.27. The van der Waals surface area contributed by atoms with Gasteiger partial charge in [0.1, 0.15) is 5.82 Å². The Bertz CT molecular complexity index is 439. The molecule has 0 aliphatic rings. The third kappa shape index (κ3) is 4.15. The van der Waals surface area contributed by atoms with Crippen molar-refractivity contribution in [2.45, 2.75) is 45.6 Å². The molecule has 0 unspecified atom stereocenters. The molecule has 18 heavy (non-hydrogen) atoms.